The molecule has 4 heterocycles. The van der Waals surface area contributed by atoms with Gasteiger partial charge in [-0.05, 0) is 57.6 Å². The van der Waals surface area contributed by atoms with E-state index in [0.29, 0.717) is 4.70 Å². The molecular weight excluding hydrogens is 862 g/mol. The van der Waals surface area contributed by atoms with E-state index in [-0.39, 0.29) is 25.9 Å². The Bertz CT molecular complexity index is 2160. The molecular formula is C42H38FGeIrN3S-2. The van der Waals surface area contributed by atoms with E-state index in [4.69, 9.17) is 0 Å². The Balaban J connectivity index is 0.000000208. The van der Waals surface area contributed by atoms with Crippen molar-refractivity contribution >= 4 is 49.3 Å². The molecule has 49 heavy (non-hydrogen) atoms. The van der Waals surface area contributed by atoms with Crippen LogP contribution in [-0.4, -0.2) is 28.2 Å². The predicted molar refractivity (Wildman–Crippen MR) is 202 cm³/mol. The van der Waals surface area contributed by atoms with Crippen molar-refractivity contribution in [1.29, 1.82) is 0 Å². The molecule has 0 saturated heterocycles. The van der Waals surface area contributed by atoms with Crippen molar-refractivity contribution in [1.82, 2.24) is 15.0 Å². The van der Waals surface area contributed by atoms with Crippen LogP contribution in [0.4, 0.5) is 4.39 Å². The summed E-state index contributed by atoms with van der Waals surface area (Å²) in [4.78, 5) is 13.7. The zero-order valence-electron chi connectivity index (χ0n) is 28.0. The van der Waals surface area contributed by atoms with Crippen LogP contribution in [0.15, 0.2) is 109 Å². The van der Waals surface area contributed by atoms with E-state index in [1.54, 1.807) is 6.07 Å². The van der Waals surface area contributed by atoms with Gasteiger partial charge in [-0.2, -0.15) is 11.3 Å². The largest absolute Gasteiger partial charge is 0 e. The van der Waals surface area contributed by atoms with Gasteiger partial charge in [-0.1, -0.05) is 73.7 Å². The quantitative estimate of drug-likeness (QED) is 0.123. The number of aromatic nitrogens is 3. The maximum Gasteiger partial charge on any atom is 0 e. The molecule has 4 aromatic heterocycles. The summed E-state index contributed by atoms with van der Waals surface area (Å²) in [5.74, 6) is 7.73. The van der Waals surface area contributed by atoms with Crippen LogP contribution in [0.25, 0.3) is 53.9 Å². The third-order valence-corrected chi connectivity index (χ3v) is 14.5. The van der Waals surface area contributed by atoms with E-state index >= 15 is 4.39 Å². The van der Waals surface area contributed by atoms with Crippen molar-refractivity contribution in [2.75, 3.05) is 0 Å². The number of rotatable bonds is 6. The van der Waals surface area contributed by atoms with E-state index < -0.39 is 13.3 Å². The standard InChI is InChI=1S/C28H22FN2S.C14H16GeN.Ir/c29-24-15-21(20-8-2-1-3-9-20)14-23-27-26(32-28(23)24)16-22(17-31-27)25-13-19(10-11-30-25)12-18-6-4-5-7-18;1-15(2,3)13-9-10-14(16-11-13)12-7-5-4-6-8-12;/h1-3,8-11,13-16,18H,4-7,12H2;4-7,9-11H,1-3H3;/q2*-1;. The molecule has 3 nitrogen and oxygen atoms in total. The normalized spacial score (nSPS) is 13.2. The minimum Gasteiger partial charge on any atom is 0 e. The molecule has 3 aromatic carbocycles. The van der Waals surface area contributed by atoms with E-state index in [9.17, 15) is 0 Å². The zero-order chi connectivity index (χ0) is 33.1. The fourth-order valence-corrected chi connectivity index (χ4v) is 9.67. The molecule has 1 aliphatic carbocycles. The van der Waals surface area contributed by atoms with Gasteiger partial charge in [0.15, 0.2) is 0 Å². The fraction of sp³-hybridized carbons (Fsp3) is 0.214. The first kappa shape index (κ1) is 35.3. The van der Waals surface area contributed by atoms with Crippen molar-refractivity contribution in [3.63, 3.8) is 0 Å². The summed E-state index contributed by atoms with van der Waals surface area (Å²) in [5, 5.41) is 0.842. The van der Waals surface area contributed by atoms with E-state index in [2.05, 4.69) is 74.8 Å². The van der Waals surface area contributed by atoms with Crippen molar-refractivity contribution in [2.24, 2.45) is 5.92 Å². The average molecular weight is 901 g/mol. The van der Waals surface area contributed by atoms with Gasteiger partial charge < -0.3 is 9.97 Å². The minimum atomic E-state index is -1.72. The number of benzene rings is 3. The van der Waals surface area contributed by atoms with Crippen LogP contribution < -0.4 is 4.40 Å². The van der Waals surface area contributed by atoms with Gasteiger partial charge in [-0.15, -0.1) is 11.6 Å². The maximum atomic E-state index is 15.0. The molecule has 8 rings (SSSR count). The first-order valence-corrected chi connectivity index (χ1v) is 24.9. The molecule has 7 heteroatoms. The predicted octanol–water partition coefficient (Wildman–Crippen LogP) is 10.9. The van der Waals surface area contributed by atoms with Crippen LogP contribution in [0.5, 0.6) is 0 Å². The van der Waals surface area contributed by atoms with Gasteiger partial charge >= 0.3 is 99.8 Å². The fourth-order valence-electron chi connectivity index (χ4n) is 6.43. The summed E-state index contributed by atoms with van der Waals surface area (Å²) in [5.41, 5.74) is 7.81. The van der Waals surface area contributed by atoms with Crippen LogP contribution in [0.2, 0.25) is 17.3 Å². The van der Waals surface area contributed by atoms with Crippen molar-refractivity contribution in [3.05, 3.63) is 133 Å². The molecule has 0 spiro atoms. The summed E-state index contributed by atoms with van der Waals surface area (Å²) in [6, 6.07) is 35.4. The average Bonchev–Trinajstić information content (AvgIpc) is 3.77. The van der Waals surface area contributed by atoms with Gasteiger partial charge in [0, 0.05) is 31.8 Å². The number of pyridine rings is 3. The van der Waals surface area contributed by atoms with E-state index in [1.165, 1.54) is 47.0 Å². The number of hydrogen-bond acceptors (Lipinski definition) is 4. The van der Waals surface area contributed by atoms with Gasteiger partial charge in [0.25, 0.3) is 0 Å². The van der Waals surface area contributed by atoms with Gasteiger partial charge in [0.05, 0.1) is 4.70 Å². The second kappa shape index (κ2) is 15.6. The summed E-state index contributed by atoms with van der Waals surface area (Å²) in [7, 11) is 0. The first-order valence-electron chi connectivity index (χ1n) is 16.7. The Morgan fingerprint density at radius 2 is 1.61 bits per heavy atom. The molecule has 7 aromatic rings. The Morgan fingerprint density at radius 1 is 0.816 bits per heavy atom. The van der Waals surface area contributed by atoms with Crippen molar-refractivity contribution < 1.29 is 24.5 Å². The monoisotopic (exact) mass is 902 g/mol. The smallest absolute Gasteiger partial charge is 0 e. The molecule has 0 N–H and O–H groups in total. The summed E-state index contributed by atoms with van der Waals surface area (Å²) in [6.07, 6.45) is 13.6. The van der Waals surface area contributed by atoms with Crippen LogP contribution in [0.3, 0.4) is 0 Å². The molecule has 0 atom stereocenters. The molecule has 249 valence electrons. The SMILES string of the molecule is Fc1cc(-c2ccccc2)cc2c1sc1cc(-c3cc(CC4CCCC4)ccn3)[c-]nc12.[CH3][Ge]([CH3])([CH3])[c]1ccc(-c2[c-]cccc2)nc1.[Ir]. The molecule has 0 amide bonds. The summed E-state index contributed by atoms with van der Waals surface area (Å²) < 4.78 is 18.0. The number of fused-ring (bicyclic) bond motifs is 3. The molecule has 0 unspecified atom stereocenters. The van der Waals surface area contributed by atoms with Gasteiger partial charge in [-0.25, -0.2) is 4.39 Å². The van der Waals surface area contributed by atoms with Crippen molar-refractivity contribution in [2.45, 2.75) is 49.4 Å². The molecule has 0 aliphatic heterocycles. The van der Waals surface area contributed by atoms with Crippen LogP contribution in [0, 0.1) is 24.0 Å². The first-order chi connectivity index (χ1) is 23.3. The molecule has 1 radical (unpaired) electrons. The molecule has 1 aliphatic rings. The van der Waals surface area contributed by atoms with Crippen LogP contribution in [0.1, 0.15) is 31.2 Å². The second-order valence-corrected chi connectivity index (χ2v) is 25.4. The van der Waals surface area contributed by atoms with Gasteiger partial charge in [0.1, 0.15) is 5.82 Å². The summed E-state index contributed by atoms with van der Waals surface area (Å²) >= 11 is -0.270. The van der Waals surface area contributed by atoms with E-state index in [1.807, 2.05) is 73.1 Å². The number of halogens is 1. The summed E-state index contributed by atoms with van der Waals surface area (Å²) in [6.45, 7) is 0. The van der Waals surface area contributed by atoms with Crippen LogP contribution >= 0.6 is 11.3 Å². The maximum absolute atomic E-state index is 15.0. The number of nitrogens with zero attached hydrogens (tertiary/aromatic N) is 3. The van der Waals surface area contributed by atoms with Gasteiger partial charge in [0.2, 0.25) is 0 Å². The Labute approximate surface area is 308 Å². The van der Waals surface area contributed by atoms with Gasteiger partial charge in [-0.3, -0.25) is 0 Å². The Morgan fingerprint density at radius 3 is 2.33 bits per heavy atom. The molecule has 0 bridgehead atoms. The van der Waals surface area contributed by atoms with Crippen LogP contribution in [-0.2, 0) is 26.5 Å². The third kappa shape index (κ3) is 8.27. The second-order valence-electron chi connectivity index (χ2n) is 13.7. The number of hydrogen-bond donors (Lipinski definition) is 0. The Kier molecular flexibility index (Phi) is 11.2. The Hall–Kier alpha value is -3.55. The van der Waals surface area contributed by atoms with Crippen molar-refractivity contribution in [3.8, 4) is 33.6 Å². The molecule has 1 saturated carbocycles. The van der Waals surface area contributed by atoms with E-state index in [0.717, 1.165) is 61.6 Å². The topological polar surface area (TPSA) is 38.7 Å². The number of thiophene rings is 1. The molecule has 1 fully saturated rings. The third-order valence-electron chi connectivity index (χ3n) is 9.13. The zero-order valence-corrected chi connectivity index (χ0v) is 33.3. The minimum absolute atomic E-state index is 0.